The molecule has 1 aliphatic rings. The van der Waals surface area contributed by atoms with Gasteiger partial charge in [-0.2, -0.15) is 0 Å². The maximum atomic E-state index is 12.9. The van der Waals surface area contributed by atoms with Gasteiger partial charge in [0.05, 0.1) is 5.56 Å². The Hall–Kier alpha value is -0.980. The fraction of sp³-hybridized carbons (Fsp3) is 0.462. The number of carbonyl (C=O) groups is 1. The molecule has 1 fully saturated rings. The molecule has 1 aromatic carbocycles. The van der Waals surface area contributed by atoms with Crippen molar-refractivity contribution in [2.75, 3.05) is 39.3 Å². The predicted molar refractivity (Wildman–Crippen MR) is 75.7 cm³/mol. The summed E-state index contributed by atoms with van der Waals surface area (Å²) in [5, 5.41) is 6.13. The second-order valence-corrected chi connectivity index (χ2v) is 5.33. The van der Waals surface area contributed by atoms with Crippen LogP contribution in [-0.4, -0.2) is 50.1 Å². The highest BCUT2D eigenvalue weighted by Crippen LogP contribution is 2.17. The van der Waals surface area contributed by atoms with E-state index in [0.717, 1.165) is 32.7 Å². The number of hydrogen-bond acceptors (Lipinski definition) is 3. The van der Waals surface area contributed by atoms with Crippen molar-refractivity contribution in [3.8, 4) is 0 Å². The fourth-order valence-electron chi connectivity index (χ4n) is 2.03. The SMILES string of the molecule is O=C(NCCN1CCNCC1)c1ccc(F)cc1Br. The molecule has 0 radical (unpaired) electrons. The average Bonchev–Trinajstić information content (AvgIpc) is 2.39. The molecule has 104 valence electrons. The summed E-state index contributed by atoms with van der Waals surface area (Å²) in [4.78, 5) is 14.2. The van der Waals surface area contributed by atoms with Crippen molar-refractivity contribution in [2.45, 2.75) is 0 Å². The topological polar surface area (TPSA) is 44.4 Å². The zero-order valence-electron chi connectivity index (χ0n) is 10.6. The van der Waals surface area contributed by atoms with Gasteiger partial charge < -0.3 is 10.6 Å². The van der Waals surface area contributed by atoms with Gasteiger partial charge in [0.2, 0.25) is 0 Å². The third kappa shape index (κ3) is 4.26. The smallest absolute Gasteiger partial charge is 0.252 e. The molecular formula is C13H17BrFN3O. The third-order valence-corrected chi connectivity index (χ3v) is 3.76. The molecule has 2 rings (SSSR count). The number of amides is 1. The molecule has 2 N–H and O–H groups in total. The van der Waals surface area contributed by atoms with Crippen LogP contribution in [0.3, 0.4) is 0 Å². The average molecular weight is 330 g/mol. The van der Waals surface area contributed by atoms with E-state index in [4.69, 9.17) is 0 Å². The second-order valence-electron chi connectivity index (χ2n) is 4.47. The summed E-state index contributed by atoms with van der Waals surface area (Å²) in [5.41, 5.74) is 0.460. The van der Waals surface area contributed by atoms with Crippen LogP contribution >= 0.6 is 15.9 Å². The lowest BCUT2D eigenvalue weighted by Crippen LogP contribution is -2.46. The Kier molecular flexibility index (Phi) is 5.30. The van der Waals surface area contributed by atoms with Crippen molar-refractivity contribution in [1.82, 2.24) is 15.5 Å². The highest BCUT2D eigenvalue weighted by atomic mass is 79.9. The highest BCUT2D eigenvalue weighted by Gasteiger charge is 2.12. The van der Waals surface area contributed by atoms with Crippen molar-refractivity contribution in [3.63, 3.8) is 0 Å². The van der Waals surface area contributed by atoms with E-state index in [2.05, 4.69) is 31.5 Å². The van der Waals surface area contributed by atoms with Gasteiger partial charge in [0.15, 0.2) is 0 Å². The maximum Gasteiger partial charge on any atom is 0.252 e. The number of nitrogens with one attached hydrogen (secondary N) is 2. The van der Waals surface area contributed by atoms with Crippen molar-refractivity contribution in [2.24, 2.45) is 0 Å². The van der Waals surface area contributed by atoms with Gasteiger partial charge in [-0.25, -0.2) is 4.39 Å². The first kappa shape index (κ1) is 14.4. The molecule has 1 heterocycles. The van der Waals surface area contributed by atoms with Gasteiger partial charge in [-0.1, -0.05) is 0 Å². The monoisotopic (exact) mass is 329 g/mol. The Morgan fingerprint density at radius 1 is 1.42 bits per heavy atom. The largest absolute Gasteiger partial charge is 0.351 e. The van der Waals surface area contributed by atoms with Crippen LogP contribution in [0.25, 0.3) is 0 Å². The Balaban J connectivity index is 1.80. The summed E-state index contributed by atoms with van der Waals surface area (Å²) in [6.45, 7) is 5.45. The lowest BCUT2D eigenvalue weighted by Gasteiger charge is -2.27. The number of nitrogens with zero attached hydrogens (tertiary/aromatic N) is 1. The van der Waals surface area contributed by atoms with E-state index in [1.807, 2.05) is 0 Å². The zero-order valence-corrected chi connectivity index (χ0v) is 12.2. The van der Waals surface area contributed by atoms with E-state index >= 15 is 0 Å². The number of halogens is 2. The number of carbonyl (C=O) groups excluding carboxylic acids is 1. The minimum atomic E-state index is -0.357. The molecule has 0 saturated carbocycles. The van der Waals surface area contributed by atoms with Crippen LogP contribution in [0.4, 0.5) is 4.39 Å². The minimum absolute atomic E-state index is 0.179. The second kappa shape index (κ2) is 6.98. The summed E-state index contributed by atoms with van der Waals surface area (Å²) in [7, 11) is 0. The molecule has 0 bridgehead atoms. The van der Waals surface area contributed by atoms with Crippen LogP contribution in [0, 0.1) is 5.82 Å². The number of rotatable bonds is 4. The molecule has 1 saturated heterocycles. The summed E-state index contributed by atoms with van der Waals surface area (Å²) in [6.07, 6.45) is 0. The number of hydrogen-bond donors (Lipinski definition) is 2. The van der Waals surface area contributed by atoms with Gasteiger partial charge in [0.25, 0.3) is 5.91 Å². The van der Waals surface area contributed by atoms with Crippen LogP contribution in [0.15, 0.2) is 22.7 Å². The van der Waals surface area contributed by atoms with Crippen LogP contribution < -0.4 is 10.6 Å². The molecule has 1 aliphatic heterocycles. The molecule has 6 heteroatoms. The molecule has 1 aromatic rings. The van der Waals surface area contributed by atoms with E-state index in [1.54, 1.807) is 0 Å². The Morgan fingerprint density at radius 3 is 2.84 bits per heavy atom. The van der Waals surface area contributed by atoms with Gasteiger partial charge in [-0.05, 0) is 34.1 Å². The lowest BCUT2D eigenvalue weighted by molar-refractivity contribution is 0.0946. The van der Waals surface area contributed by atoms with Crippen LogP contribution in [0.2, 0.25) is 0 Å². The van der Waals surface area contributed by atoms with Crippen LogP contribution in [-0.2, 0) is 0 Å². The van der Waals surface area contributed by atoms with E-state index in [0.29, 0.717) is 16.6 Å². The van der Waals surface area contributed by atoms with E-state index in [-0.39, 0.29) is 11.7 Å². The van der Waals surface area contributed by atoms with Crippen LogP contribution in [0.5, 0.6) is 0 Å². The molecule has 0 unspecified atom stereocenters. The third-order valence-electron chi connectivity index (χ3n) is 3.10. The number of piperazine rings is 1. The first-order valence-corrected chi connectivity index (χ1v) is 7.12. The van der Waals surface area contributed by atoms with Crippen molar-refractivity contribution in [3.05, 3.63) is 34.1 Å². The van der Waals surface area contributed by atoms with Gasteiger partial charge >= 0.3 is 0 Å². The molecule has 0 aromatic heterocycles. The molecule has 19 heavy (non-hydrogen) atoms. The molecular weight excluding hydrogens is 313 g/mol. The first-order valence-electron chi connectivity index (χ1n) is 6.33. The molecule has 0 aliphatic carbocycles. The molecule has 4 nitrogen and oxygen atoms in total. The van der Waals surface area contributed by atoms with Gasteiger partial charge in [-0.15, -0.1) is 0 Å². The Labute approximate surface area is 120 Å². The van der Waals surface area contributed by atoms with Crippen molar-refractivity contribution in [1.29, 1.82) is 0 Å². The summed E-state index contributed by atoms with van der Waals surface area (Å²) in [5.74, 6) is -0.536. The highest BCUT2D eigenvalue weighted by molar-refractivity contribution is 9.10. The van der Waals surface area contributed by atoms with Gasteiger partial charge in [0, 0.05) is 43.7 Å². The summed E-state index contributed by atoms with van der Waals surface area (Å²) in [6, 6.07) is 4.07. The predicted octanol–water partition coefficient (Wildman–Crippen LogP) is 1.22. The van der Waals surface area contributed by atoms with Gasteiger partial charge in [0.1, 0.15) is 5.82 Å². The van der Waals surface area contributed by atoms with E-state index in [1.165, 1.54) is 18.2 Å². The fourth-order valence-corrected chi connectivity index (χ4v) is 2.56. The summed E-state index contributed by atoms with van der Waals surface area (Å²) >= 11 is 3.20. The van der Waals surface area contributed by atoms with Gasteiger partial charge in [-0.3, -0.25) is 9.69 Å². The van der Waals surface area contributed by atoms with E-state index < -0.39 is 0 Å². The summed E-state index contributed by atoms with van der Waals surface area (Å²) < 4.78 is 13.4. The Bertz CT molecular complexity index is 450. The lowest BCUT2D eigenvalue weighted by atomic mass is 10.2. The van der Waals surface area contributed by atoms with Crippen LogP contribution in [0.1, 0.15) is 10.4 Å². The standard InChI is InChI=1S/C13H17BrFN3O/c14-12-9-10(15)1-2-11(12)13(19)17-5-8-18-6-3-16-4-7-18/h1-2,9,16H,3-8H2,(H,17,19). The minimum Gasteiger partial charge on any atom is -0.351 e. The zero-order chi connectivity index (χ0) is 13.7. The molecule has 0 spiro atoms. The maximum absolute atomic E-state index is 12.9. The normalized spacial score (nSPS) is 16.3. The molecule has 0 atom stereocenters. The van der Waals surface area contributed by atoms with Crippen molar-refractivity contribution >= 4 is 21.8 Å². The molecule has 1 amide bonds. The number of benzene rings is 1. The Morgan fingerprint density at radius 2 is 2.16 bits per heavy atom. The van der Waals surface area contributed by atoms with E-state index in [9.17, 15) is 9.18 Å². The van der Waals surface area contributed by atoms with Crippen molar-refractivity contribution < 1.29 is 9.18 Å². The first-order chi connectivity index (χ1) is 9.16. The quantitative estimate of drug-likeness (QED) is 0.873.